The number of nitrogens with zero attached hydrogens (tertiary/aromatic N) is 3. The second kappa shape index (κ2) is 8.23. The Bertz CT molecular complexity index is 1070. The molecule has 3 heterocycles. The van der Waals surface area contributed by atoms with Crippen LogP contribution in [0.3, 0.4) is 0 Å². The van der Waals surface area contributed by atoms with E-state index in [0.717, 1.165) is 23.8 Å². The Hall–Kier alpha value is -2.66. The molecule has 2 aromatic heterocycles. The molecule has 0 aliphatic carbocycles. The van der Waals surface area contributed by atoms with Crippen molar-refractivity contribution in [2.45, 2.75) is 53.1 Å². The molecule has 2 atom stereocenters. The largest absolute Gasteiger partial charge is 0.352 e. The van der Waals surface area contributed by atoms with E-state index in [0.29, 0.717) is 0 Å². The summed E-state index contributed by atoms with van der Waals surface area (Å²) in [6.45, 7) is 11.9. The molecule has 4 nitrogen and oxygen atoms in total. The molecule has 30 heavy (non-hydrogen) atoms. The smallest absolute Gasteiger partial charge is 0.170 e. The molecule has 156 valence electrons. The summed E-state index contributed by atoms with van der Waals surface area (Å²) in [6.07, 6.45) is 2.87. The summed E-state index contributed by atoms with van der Waals surface area (Å²) in [5.74, 6) is 0. The molecule has 3 aromatic rings. The summed E-state index contributed by atoms with van der Waals surface area (Å²) in [4.78, 5) is 6.93. The van der Waals surface area contributed by atoms with Crippen LogP contribution < -0.4 is 5.32 Å². The zero-order chi connectivity index (χ0) is 21.4. The summed E-state index contributed by atoms with van der Waals surface area (Å²) in [5.41, 5.74) is 8.84. The van der Waals surface area contributed by atoms with Crippen LogP contribution >= 0.6 is 12.2 Å². The minimum absolute atomic E-state index is 0.0371. The monoisotopic (exact) mass is 418 g/mol. The average molecular weight is 419 g/mol. The first-order valence-corrected chi connectivity index (χ1v) is 11.1. The Morgan fingerprint density at radius 1 is 1.07 bits per heavy atom. The minimum atomic E-state index is 0.0371. The molecule has 0 unspecified atom stereocenters. The number of hydrogen-bond donors (Lipinski definition) is 1. The minimum Gasteiger partial charge on any atom is -0.352 e. The van der Waals surface area contributed by atoms with E-state index in [2.05, 4.69) is 84.7 Å². The molecule has 0 bridgehead atoms. The van der Waals surface area contributed by atoms with Crippen LogP contribution in [0.1, 0.15) is 59.7 Å². The number of rotatable bonds is 5. The highest BCUT2D eigenvalue weighted by Gasteiger charge is 2.40. The van der Waals surface area contributed by atoms with Crippen LogP contribution in [-0.4, -0.2) is 26.1 Å². The molecule has 1 fully saturated rings. The van der Waals surface area contributed by atoms with Crippen LogP contribution in [0.25, 0.3) is 5.69 Å². The number of likely N-dealkylation sites (N-methyl/N-ethyl adjacent to an activating group) is 1. The van der Waals surface area contributed by atoms with E-state index in [1.54, 1.807) is 0 Å². The molecule has 0 radical (unpaired) electrons. The summed E-state index contributed by atoms with van der Waals surface area (Å²) in [5, 5.41) is 4.33. The summed E-state index contributed by atoms with van der Waals surface area (Å²) in [7, 11) is 0. The fraction of sp³-hybridized carbons (Fsp3) is 0.360. The standard InChI is InChI=1S/C25H30N4S/c1-6-19-12-10-11-16(3)23(19)29-17(4)15-20(18(29)5)24-22(21-13-8-9-14-26-21)27-25(30)28(24)7-2/h8-15,22,24H,6-7H2,1-5H3,(H,27,30)/t22-,24-/m0/s1. The van der Waals surface area contributed by atoms with Gasteiger partial charge in [0, 0.05) is 24.1 Å². The maximum absolute atomic E-state index is 5.71. The number of aryl methyl sites for hydroxylation is 3. The fourth-order valence-electron chi connectivity index (χ4n) is 4.84. The van der Waals surface area contributed by atoms with Gasteiger partial charge in [-0.15, -0.1) is 0 Å². The Morgan fingerprint density at radius 2 is 1.87 bits per heavy atom. The lowest BCUT2D eigenvalue weighted by atomic mass is 9.96. The summed E-state index contributed by atoms with van der Waals surface area (Å²) in [6, 6.07) is 15.2. The summed E-state index contributed by atoms with van der Waals surface area (Å²) < 4.78 is 2.42. The molecule has 0 amide bonds. The van der Waals surface area contributed by atoms with Gasteiger partial charge in [0.15, 0.2) is 5.11 Å². The zero-order valence-corrected chi connectivity index (χ0v) is 19.3. The Kier molecular flexibility index (Phi) is 5.65. The van der Waals surface area contributed by atoms with Crippen molar-refractivity contribution in [2.75, 3.05) is 6.54 Å². The van der Waals surface area contributed by atoms with Gasteiger partial charge in [-0.1, -0.05) is 31.2 Å². The molecule has 1 saturated heterocycles. The molecule has 5 heteroatoms. The molecule has 1 N–H and O–H groups in total. The first kappa shape index (κ1) is 20.6. The topological polar surface area (TPSA) is 33.1 Å². The van der Waals surface area contributed by atoms with Crippen LogP contribution in [0.2, 0.25) is 0 Å². The lowest BCUT2D eigenvalue weighted by molar-refractivity contribution is 0.329. The van der Waals surface area contributed by atoms with E-state index >= 15 is 0 Å². The lowest BCUT2D eigenvalue weighted by Gasteiger charge is -2.27. The number of para-hydroxylation sites is 1. The van der Waals surface area contributed by atoms with Gasteiger partial charge >= 0.3 is 0 Å². The van der Waals surface area contributed by atoms with Gasteiger partial charge in [-0.25, -0.2) is 0 Å². The number of benzene rings is 1. The normalized spacial score (nSPS) is 18.7. The van der Waals surface area contributed by atoms with E-state index < -0.39 is 0 Å². The van der Waals surface area contributed by atoms with Gasteiger partial charge in [-0.2, -0.15) is 0 Å². The maximum Gasteiger partial charge on any atom is 0.170 e. The third kappa shape index (κ3) is 3.31. The Morgan fingerprint density at radius 3 is 2.53 bits per heavy atom. The molecule has 1 aliphatic heterocycles. The predicted molar refractivity (Wildman–Crippen MR) is 127 cm³/mol. The number of nitrogens with one attached hydrogen (secondary N) is 1. The van der Waals surface area contributed by atoms with Gasteiger partial charge in [0.25, 0.3) is 0 Å². The zero-order valence-electron chi connectivity index (χ0n) is 18.4. The average Bonchev–Trinajstić information content (AvgIpc) is 3.23. The third-order valence-electron chi connectivity index (χ3n) is 6.25. The number of hydrogen-bond acceptors (Lipinski definition) is 2. The second-order valence-electron chi connectivity index (χ2n) is 8.01. The third-order valence-corrected chi connectivity index (χ3v) is 6.61. The van der Waals surface area contributed by atoms with Crippen molar-refractivity contribution >= 4 is 17.3 Å². The van der Waals surface area contributed by atoms with Crippen molar-refractivity contribution in [2.24, 2.45) is 0 Å². The number of aromatic nitrogens is 2. The van der Waals surface area contributed by atoms with Crippen molar-refractivity contribution in [3.05, 3.63) is 82.4 Å². The fourth-order valence-corrected chi connectivity index (χ4v) is 5.21. The highest BCUT2D eigenvalue weighted by molar-refractivity contribution is 7.80. The second-order valence-corrected chi connectivity index (χ2v) is 8.40. The van der Waals surface area contributed by atoms with Gasteiger partial charge in [-0.05, 0) is 81.2 Å². The quantitative estimate of drug-likeness (QED) is 0.566. The van der Waals surface area contributed by atoms with Gasteiger partial charge in [-0.3, -0.25) is 4.98 Å². The highest BCUT2D eigenvalue weighted by Crippen LogP contribution is 2.41. The van der Waals surface area contributed by atoms with Crippen LogP contribution in [0, 0.1) is 20.8 Å². The van der Waals surface area contributed by atoms with Crippen molar-refractivity contribution in [3.8, 4) is 5.69 Å². The van der Waals surface area contributed by atoms with Crippen LogP contribution in [0.4, 0.5) is 0 Å². The SMILES string of the molecule is CCc1cccc(C)c1-n1c(C)cc([C@H]2[C@H](c3ccccn3)NC(=S)N2CC)c1C. The van der Waals surface area contributed by atoms with E-state index in [-0.39, 0.29) is 12.1 Å². The molecule has 0 saturated carbocycles. The molecular weight excluding hydrogens is 388 g/mol. The van der Waals surface area contributed by atoms with E-state index in [1.807, 2.05) is 18.3 Å². The van der Waals surface area contributed by atoms with Crippen LogP contribution in [0.15, 0.2) is 48.7 Å². The number of thiocarbonyl (C=S) groups is 1. The van der Waals surface area contributed by atoms with E-state index in [4.69, 9.17) is 12.2 Å². The van der Waals surface area contributed by atoms with Gasteiger partial charge in [0.1, 0.15) is 0 Å². The first-order valence-electron chi connectivity index (χ1n) is 10.7. The predicted octanol–water partition coefficient (Wildman–Crippen LogP) is 5.35. The number of pyridine rings is 1. The molecule has 4 rings (SSSR count). The van der Waals surface area contributed by atoms with Gasteiger partial charge in [0.2, 0.25) is 0 Å². The first-order chi connectivity index (χ1) is 14.5. The molecule has 1 aromatic carbocycles. The van der Waals surface area contributed by atoms with Crippen molar-refractivity contribution in [3.63, 3.8) is 0 Å². The van der Waals surface area contributed by atoms with Crippen molar-refractivity contribution in [1.29, 1.82) is 0 Å². The van der Waals surface area contributed by atoms with E-state index in [1.165, 1.54) is 33.8 Å². The van der Waals surface area contributed by atoms with Crippen LogP contribution in [0.5, 0.6) is 0 Å². The Balaban J connectivity index is 1.88. The Labute approximate surface area is 184 Å². The lowest BCUT2D eigenvalue weighted by Crippen LogP contribution is -2.29. The van der Waals surface area contributed by atoms with Crippen molar-refractivity contribution in [1.82, 2.24) is 19.8 Å². The van der Waals surface area contributed by atoms with Crippen LogP contribution in [-0.2, 0) is 6.42 Å². The molecule has 1 aliphatic rings. The van der Waals surface area contributed by atoms with Gasteiger partial charge < -0.3 is 14.8 Å². The van der Waals surface area contributed by atoms with Gasteiger partial charge in [0.05, 0.1) is 23.5 Å². The molecular formula is C25H30N4S. The highest BCUT2D eigenvalue weighted by atomic mass is 32.1. The molecule has 0 spiro atoms. The van der Waals surface area contributed by atoms with E-state index in [9.17, 15) is 0 Å². The maximum atomic E-state index is 5.71. The summed E-state index contributed by atoms with van der Waals surface area (Å²) >= 11 is 5.71. The van der Waals surface area contributed by atoms with Crippen molar-refractivity contribution < 1.29 is 0 Å².